The summed E-state index contributed by atoms with van der Waals surface area (Å²) in [5.41, 5.74) is 1.16. The molecule has 0 amide bonds. The van der Waals surface area contributed by atoms with Crippen molar-refractivity contribution in [1.82, 2.24) is 15.1 Å². The van der Waals surface area contributed by atoms with Crippen LogP contribution in [0, 0.1) is 0 Å². The fraction of sp³-hybridized carbons (Fsp3) is 0.667. The predicted octanol–water partition coefficient (Wildman–Crippen LogP) is 0.868. The van der Waals surface area contributed by atoms with E-state index in [2.05, 4.69) is 22.4 Å². The van der Waals surface area contributed by atoms with Crippen molar-refractivity contribution in [3.05, 3.63) is 0 Å². The molecule has 80 valence electrons. The molecule has 1 fully saturated rings. The van der Waals surface area contributed by atoms with Crippen LogP contribution >= 0.6 is 32.1 Å². The van der Waals surface area contributed by atoms with Crippen molar-refractivity contribution in [2.24, 2.45) is 0 Å². The van der Waals surface area contributed by atoms with Crippen LogP contribution in [0.15, 0.2) is 0 Å². The van der Waals surface area contributed by atoms with Gasteiger partial charge in [-0.2, -0.15) is 0 Å². The van der Waals surface area contributed by atoms with Crippen molar-refractivity contribution >= 4 is 42.7 Å². The summed E-state index contributed by atoms with van der Waals surface area (Å²) in [5, 5.41) is 5.55. The summed E-state index contributed by atoms with van der Waals surface area (Å²) >= 11 is 9.55. The van der Waals surface area contributed by atoms with Gasteiger partial charge in [0.25, 0.3) is 0 Å². The Morgan fingerprint density at radius 1 is 1.71 bits per heavy atom. The first-order valence-electron chi connectivity index (χ1n) is 4.14. The van der Waals surface area contributed by atoms with Gasteiger partial charge in [-0.15, -0.1) is 0 Å². The van der Waals surface area contributed by atoms with Gasteiger partial charge in [-0.05, 0) is 19.1 Å². The standard InChI is InChI=1S/C6H12N3O2PS2/c1-2-11-12(10,7-5-13)8-6(14)9-3-4-9/h5H,2-4H2,1H3,(H2,7,8,10,13,14)/t12-/m0/s1. The molecular weight excluding hydrogens is 241 g/mol. The van der Waals surface area contributed by atoms with Crippen LogP contribution in [0.1, 0.15) is 6.92 Å². The summed E-state index contributed by atoms with van der Waals surface area (Å²) < 4.78 is 16.9. The van der Waals surface area contributed by atoms with E-state index in [0.717, 1.165) is 18.6 Å². The average Bonchev–Trinajstić information content (AvgIpc) is 2.85. The smallest absolute Gasteiger partial charge is 0.345 e. The quantitative estimate of drug-likeness (QED) is 0.428. The van der Waals surface area contributed by atoms with Crippen molar-refractivity contribution in [1.29, 1.82) is 0 Å². The van der Waals surface area contributed by atoms with Crippen molar-refractivity contribution in [3.63, 3.8) is 0 Å². The molecule has 1 aliphatic heterocycles. The maximum absolute atomic E-state index is 11.9. The Hall–Kier alpha value is -0.230. The first-order valence-corrected chi connectivity index (χ1v) is 6.65. The zero-order chi connectivity index (χ0) is 10.6. The molecule has 14 heavy (non-hydrogen) atoms. The lowest BCUT2D eigenvalue weighted by Crippen LogP contribution is -2.31. The molecule has 0 bridgehead atoms. The van der Waals surface area contributed by atoms with E-state index in [0.29, 0.717) is 11.7 Å². The van der Waals surface area contributed by atoms with Crippen LogP contribution in [-0.2, 0) is 9.09 Å². The van der Waals surface area contributed by atoms with Crippen LogP contribution in [0.25, 0.3) is 0 Å². The van der Waals surface area contributed by atoms with Gasteiger partial charge in [-0.25, -0.2) is 4.57 Å². The van der Waals surface area contributed by atoms with E-state index in [9.17, 15) is 4.57 Å². The molecule has 0 spiro atoms. The maximum atomic E-state index is 11.9. The number of nitrogens with zero attached hydrogens (tertiary/aromatic N) is 1. The Kier molecular flexibility index (Phi) is 4.25. The molecule has 0 saturated carbocycles. The molecule has 0 aromatic carbocycles. The molecule has 1 aliphatic rings. The number of nitrogens with one attached hydrogen (secondary N) is 2. The van der Waals surface area contributed by atoms with Gasteiger partial charge in [0.2, 0.25) is 0 Å². The molecule has 1 rings (SSSR count). The number of rotatable bonds is 5. The highest BCUT2D eigenvalue weighted by atomic mass is 32.1. The van der Waals surface area contributed by atoms with Gasteiger partial charge in [0.05, 0.1) is 12.1 Å². The Morgan fingerprint density at radius 3 is 2.79 bits per heavy atom. The molecule has 0 aliphatic carbocycles. The van der Waals surface area contributed by atoms with Gasteiger partial charge in [-0.1, -0.05) is 12.2 Å². The van der Waals surface area contributed by atoms with E-state index in [1.807, 2.05) is 4.90 Å². The third-order valence-corrected chi connectivity index (χ3v) is 3.91. The van der Waals surface area contributed by atoms with E-state index in [1.54, 1.807) is 6.92 Å². The van der Waals surface area contributed by atoms with E-state index in [1.165, 1.54) is 0 Å². The second-order valence-corrected chi connectivity index (χ2v) is 5.09. The van der Waals surface area contributed by atoms with Crippen LogP contribution in [0.3, 0.4) is 0 Å². The second kappa shape index (κ2) is 5.02. The highest BCUT2D eigenvalue weighted by Gasteiger charge is 2.28. The van der Waals surface area contributed by atoms with Crippen LogP contribution in [-0.4, -0.2) is 35.2 Å². The molecule has 0 aromatic heterocycles. The molecule has 1 atom stereocenters. The normalized spacial score (nSPS) is 18.2. The minimum absolute atomic E-state index is 0.322. The van der Waals surface area contributed by atoms with Crippen LogP contribution in [0.5, 0.6) is 0 Å². The molecule has 1 saturated heterocycles. The second-order valence-electron chi connectivity index (χ2n) is 2.62. The summed E-state index contributed by atoms with van der Waals surface area (Å²) in [4.78, 5) is 1.87. The molecule has 5 nitrogen and oxygen atoms in total. The van der Waals surface area contributed by atoms with E-state index >= 15 is 0 Å². The molecular formula is C6H12N3O2PS2. The largest absolute Gasteiger partial charge is 0.393 e. The molecule has 8 heteroatoms. The Labute approximate surface area is 93.7 Å². The SMILES string of the molecule is CCO[P@@](=O)(NC=S)NC(=S)N1CC1. The molecule has 0 aromatic rings. The van der Waals surface area contributed by atoms with Crippen LogP contribution < -0.4 is 10.2 Å². The lowest BCUT2D eigenvalue weighted by atomic mass is 10.9. The summed E-state index contributed by atoms with van der Waals surface area (Å²) in [6.07, 6.45) is 0. The Balaban J connectivity index is 2.52. The van der Waals surface area contributed by atoms with Gasteiger partial charge >= 0.3 is 7.67 Å². The van der Waals surface area contributed by atoms with Crippen LogP contribution in [0.2, 0.25) is 0 Å². The number of hydrogen-bond donors (Lipinski definition) is 2. The van der Waals surface area contributed by atoms with Gasteiger partial charge in [0.1, 0.15) is 0 Å². The Morgan fingerprint density at radius 2 is 2.36 bits per heavy atom. The summed E-state index contributed by atoms with van der Waals surface area (Å²) in [6, 6.07) is 0. The zero-order valence-corrected chi connectivity index (χ0v) is 10.3. The highest BCUT2D eigenvalue weighted by Crippen LogP contribution is 2.36. The van der Waals surface area contributed by atoms with Crippen molar-refractivity contribution in [2.45, 2.75) is 6.92 Å². The topological polar surface area (TPSA) is 53.4 Å². The number of hydrogen-bond acceptors (Lipinski definition) is 4. The van der Waals surface area contributed by atoms with E-state index in [-0.39, 0.29) is 0 Å². The molecule has 0 unspecified atom stereocenters. The fourth-order valence-corrected chi connectivity index (χ4v) is 2.86. The van der Waals surface area contributed by atoms with E-state index < -0.39 is 7.67 Å². The minimum atomic E-state index is -3.13. The maximum Gasteiger partial charge on any atom is 0.393 e. The monoisotopic (exact) mass is 253 g/mol. The lowest BCUT2D eigenvalue weighted by molar-refractivity contribution is 0.326. The van der Waals surface area contributed by atoms with Crippen molar-refractivity contribution < 1.29 is 9.09 Å². The molecule has 2 N–H and O–H groups in total. The van der Waals surface area contributed by atoms with Gasteiger partial charge in [-0.3, -0.25) is 14.7 Å². The van der Waals surface area contributed by atoms with Gasteiger partial charge in [0, 0.05) is 13.1 Å². The highest BCUT2D eigenvalue weighted by molar-refractivity contribution is 7.81. The van der Waals surface area contributed by atoms with Gasteiger partial charge in [0.15, 0.2) is 5.11 Å². The average molecular weight is 253 g/mol. The summed E-state index contributed by atoms with van der Waals surface area (Å²) in [6.45, 7) is 3.87. The molecule has 0 radical (unpaired) electrons. The van der Waals surface area contributed by atoms with Crippen LogP contribution in [0.4, 0.5) is 0 Å². The Bertz CT molecular complexity index is 282. The third kappa shape index (κ3) is 3.49. The zero-order valence-electron chi connectivity index (χ0n) is 7.73. The third-order valence-electron chi connectivity index (χ3n) is 1.51. The summed E-state index contributed by atoms with van der Waals surface area (Å²) in [5.74, 6) is 0. The minimum Gasteiger partial charge on any atom is -0.345 e. The molecule has 1 heterocycles. The fourth-order valence-electron chi connectivity index (χ4n) is 0.803. The lowest BCUT2D eigenvalue weighted by Gasteiger charge is -2.19. The number of thiocarbonyl (C=S) groups is 2. The first kappa shape index (κ1) is 11.8. The predicted molar refractivity (Wildman–Crippen MR) is 63.3 cm³/mol. The van der Waals surface area contributed by atoms with E-state index in [4.69, 9.17) is 16.7 Å². The first-order chi connectivity index (χ1) is 6.61. The van der Waals surface area contributed by atoms with Crippen molar-refractivity contribution in [2.75, 3.05) is 19.7 Å². The van der Waals surface area contributed by atoms with Crippen molar-refractivity contribution in [3.8, 4) is 0 Å². The summed E-state index contributed by atoms with van der Waals surface area (Å²) in [7, 11) is -3.13. The van der Waals surface area contributed by atoms with Gasteiger partial charge < -0.3 is 4.90 Å².